The maximum atomic E-state index is 14.2. The Bertz CT molecular complexity index is 458. The monoisotopic (exact) mass is 281 g/mol. The van der Waals surface area contributed by atoms with Gasteiger partial charge in [-0.1, -0.05) is 31.8 Å². The molecule has 0 aliphatic heterocycles. The molecule has 3 N–H and O–H groups in total. The second-order valence-electron chi connectivity index (χ2n) is 4.87. The summed E-state index contributed by atoms with van der Waals surface area (Å²) in [4.78, 5) is 2.03. The lowest BCUT2D eigenvalue weighted by Crippen LogP contribution is -2.30. The number of nitrogens with two attached hydrogens (primary N) is 1. The zero-order chi connectivity index (χ0) is 15.1. The quantitative estimate of drug-likeness (QED) is 0.349. The van der Waals surface area contributed by atoms with Gasteiger partial charge in [-0.05, 0) is 31.0 Å². The molecule has 0 atom stereocenters. The van der Waals surface area contributed by atoms with Crippen molar-refractivity contribution >= 4 is 11.5 Å². The van der Waals surface area contributed by atoms with E-state index in [1.54, 1.807) is 12.1 Å². The van der Waals surface area contributed by atoms with Crippen molar-refractivity contribution in [3.8, 4) is 0 Å². The second kappa shape index (κ2) is 7.72. The molecule has 0 aromatic heterocycles. The Morgan fingerprint density at radius 2 is 2.00 bits per heavy atom. The Balaban J connectivity index is 2.99. The van der Waals surface area contributed by atoms with Crippen LogP contribution in [0, 0.1) is 11.7 Å². The van der Waals surface area contributed by atoms with Gasteiger partial charge in [-0.3, -0.25) is 0 Å². The highest BCUT2D eigenvalue weighted by molar-refractivity contribution is 5.97. The molecule has 5 heteroatoms. The van der Waals surface area contributed by atoms with Crippen LogP contribution in [0.2, 0.25) is 0 Å². The average Bonchev–Trinajstić information content (AvgIpc) is 2.48. The van der Waals surface area contributed by atoms with E-state index in [4.69, 9.17) is 10.9 Å². The topological polar surface area (TPSA) is 61.8 Å². The first-order valence-electron chi connectivity index (χ1n) is 7.09. The predicted molar refractivity (Wildman–Crippen MR) is 80.9 cm³/mol. The van der Waals surface area contributed by atoms with E-state index >= 15 is 0 Å². The summed E-state index contributed by atoms with van der Waals surface area (Å²) in [7, 11) is 0. The van der Waals surface area contributed by atoms with Gasteiger partial charge in [-0.25, -0.2) is 4.39 Å². The first kappa shape index (κ1) is 16.3. The molecule has 0 aliphatic carbocycles. The molecular formula is C15H24FN3O. The Morgan fingerprint density at radius 1 is 1.35 bits per heavy atom. The van der Waals surface area contributed by atoms with Gasteiger partial charge in [0.25, 0.3) is 0 Å². The summed E-state index contributed by atoms with van der Waals surface area (Å²) in [5, 5.41) is 11.5. The van der Waals surface area contributed by atoms with E-state index in [-0.39, 0.29) is 11.7 Å². The Kier molecular flexibility index (Phi) is 6.28. The molecule has 0 amide bonds. The molecule has 1 aromatic carbocycles. The molecule has 0 fully saturated rings. The molecule has 1 rings (SSSR count). The van der Waals surface area contributed by atoms with Crippen LogP contribution in [0.3, 0.4) is 0 Å². The minimum atomic E-state index is -0.345. The van der Waals surface area contributed by atoms with Crippen molar-refractivity contribution in [3.63, 3.8) is 0 Å². The van der Waals surface area contributed by atoms with Crippen LogP contribution in [0.5, 0.6) is 0 Å². The van der Waals surface area contributed by atoms with E-state index in [1.165, 1.54) is 6.07 Å². The smallest absolute Gasteiger partial charge is 0.170 e. The lowest BCUT2D eigenvalue weighted by atomic mass is 10.0. The summed E-state index contributed by atoms with van der Waals surface area (Å²) >= 11 is 0. The normalized spacial score (nSPS) is 11.9. The number of nitrogens with zero attached hydrogens (tertiary/aromatic N) is 2. The highest BCUT2D eigenvalue weighted by Gasteiger charge is 2.15. The minimum Gasteiger partial charge on any atom is -0.409 e. The Hall–Kier alpha value is -1.78. The SMILES string of the molecule is CCC(CC)CN(CC)c1ccc(C(N)=NO)cc1F. The number of hydrogen-bond donors (Lipinski definition) is 2. The predicted octanol–water partition coefficient (Wildman–Crippen LogP) is 3.18. The molecule has 0 radical (unpaired) electrons. The third kappa shape index (κ3) is 3.85. The van der Waals surface area contributed by atoms with Crippen LogP contribution in [-0.2, 0) is 0 Å². The molecular weight excluding hydrogens is 257 g/mol. The Labute approximate surface area is 120 Å². The maximum Gasteiger partial charge on any atom is 0.170 e. The standard InChI is InChI=1S/C15H24FN3O/c1-4-11(5-2)10-19(6-3)14-8-7-12(9-13(14)16)15(17)18-20/h7-9,11,20H,4-6,10H2,1-3H3,(H2,17,18). The van der Waals surface area contributed by atoms with Gasteiger partial charge in [0, 0.05) is 18.7 Å². The highest BCUT2D eigenvalue weighted by atomic mass is 19.1. The van der Waals surface area contributed by atoms with Gasteiger partial charge in [0.2, 0.25) is 0 Å². The first-order valence-corrected chi connectivity index (χ1v) is 7.09. The summed E-state index contributed by atoms with van der Waals surface area (Å²) in [6, 6.07) is 4.66. The van der Waals surface area contributed by atoms with E-state index in [9.17, 15) is 4.39 Å². The number of amidine groups is 1. The fourth-order valence-electron chi connectivity index (χ4n) is 2.24. The van der Waals surface area contributed by atoms with Gasteiger partial charge in [-0.15, -0.1) is 0 Å². The summed E-state index contributed by atoms with van der Waals surface area (Å²) in [6.07, 6.45) is 2.16. The number of hydrogen-bond acceptors (Lipinski definition) is 3. The van der Waals surface area contributed by atoms with Gasteiger partial charge in [0.05, 0.1) is 5.69 Å². The van der Waals surface area contributed by atoms with Gasteiger partial charge in [0.1, 0.15) is 5.82 Å². The van der Waals surface area contributed by atoms with Crippen molar-refractivity contribution < 1.29 is 9.60 Å². The molecule has 112 valence electrons. The Morgan fingerprint density at radius 3 is 2.45 bits per heavy atom. The van der Waals surface area contributed by atoms with Crippen molar-refractivity contribution in [1.29, 1.82) is 0 Å². The first-order chi connectivity index (χ1) is 9.57. The van der Waals surface area contributed by atoms with Crippen LogP contribution >= 0.6 is 0 Å². The van der Waals surface area contributed by atoms with E-state index in [0.29, 0.717) is 17.2 Å². The molecule has 20 heavy (non-hydrogen) atoms. The van der Waals surface area contributed by atoms with Gasteiger partial charge >= 0.3 is 0 Å². The van der Waals surface area contributed by atoms with Crippen molar-refractivity contribution in [2.24, 2.45) is 16.8 Å². The van der Waals surface area contributed by atoms with Gasteiger partial charge in [0.15, 0.2) is 5.84 Å². The second-order valence-corrected chi connectivity index (χ2v) is 4.87. The van der Waals surface area contributed by atoms with Crippen molar-refractivity contribution in [2.75, 3.05) is 18.0 Å². The minimum absolute atomic E-state index is 0.0847. The van der Waals surface area contributed by atoms with Crippen LogP contribution in [0.4, 0.5) is 10.1 Å². The molecule has 0 saturated heterocycles. The number of rotatable bonds is 7. The van der Waals surface area contributed by atoms with Crippen molar-refractivity contribution in [2.45, 2.75) is 33.6 Å². The van der Waals surface area contributed by atoms with Crippen LogP contribution < -0.4 is 10.6 Å². The van der Waals surface area contributed by atoms with Crippen LogP contribution in [-0.4, -0.2) is 24.1 Å². The van der Waals surface area contributed by atoms with E-state index in [0.717, 1.165) is 25.9 Å². The van der Waals surface area contributed by atoms with E-state index in [2.05, 4.69) is 19.0 Å². The van der Waals surface area contributed by atoms with Gasteiger partial charge in [-0.2, -0.15) is 0 Å². The summed E-state index contributed by atoms with van der Waals surface area (Å²) in [6.45, 7) is 7.90. The molecule has 0 aliphatic rings. The summed E-state index contributed by atoms with van der Waals surface area (Å²) in [5.74, 6) is 0.124. The zero-order valence-electron chi connectivity index (χ0n) is 12.4. The van der Waals surface area contributed by atoms with Gasteiger partial charge < -0.3 is 15.8 Å². The van der Waals surface area contributed by atoms with Crippen molar-refractivity contribution in [1.82, 2.24) is 0 Å². The molecule has 0 saturated carbocycles. The fourth-order valence-corrected chi connectivity index (χ4v) is 2.24. The zero-order valence-corrected chi connectivity index (χ0v) is 12.4. The lowest BCUT2D eigenvalue weighted by Gasteiger charge is -2.28. The van der Waals surface area contributed by atoms with Crippen LogP contribution in [0.25, 0.3) is 0 Å². The lowest BCUT2D eigenvalue weighted by molar-refractivity contribution is 0.318. The molecule has 0 unspecified atom stereocenters. The average molecular weight is 281 g/mol. The fraction of sp³-hybridized carbons (Fsp3) is 0.533. The van der Waals surface area contributed by atoms with E-state index < -0.39 is 0 Å². The molecule has 0 heterocycles. The highest BCUT2D eigenvalue weighted by Crippen LogP contribution is 2.23. The molecule has 0 spiro atoms. The molecule has 1 aromatic rings. The van der Waals surface area contributed by atoms with E-state index in [1.807, 2.05) is 11.8 Å². The van der Waals surface area contributed by atoms with Crippen LogP contribution in [0.15, 0.2) is 23.4 Å². The van der Waals surface area contributed by atoms with Crippen molar-refractivity contribution in [3.05, 3.63) is 29.6 Å². The number of oxime groups is 1. The number of anilines is 1. The number of halogens is 1. The third-order valence-electron chi connectivity index (χ3n) is 3.71. The summed E-state index contributed by atoms with van der Waals surface area (Å²) < 4.78 is 14.2. The maximum absolute atomic E-state index is 14.2. The largest absolute Gasteiger partial charge is 0.409 e. The molecule has 4 nitrogen and oxygen atoms in total. The van der Waals surface area contributed by atoms with Crippen LogP contribution in [0.1, 0.15) is 39.2 Å². The third-order valence-corrected chi connectivity index (χ3v) is 3.71. The molecule has 0 bridgehead atoms. The number of benzene rings is 1. The summed E-state index contributed by atoms with van der Waals surface area (Å²) in [5.41, 5.74) is 6.41.